The molecule has 0 radical (unpaired) electrons. The Balaban J connectivity index is 2.82. The standard InChI is InChI=1S/C8H14O8/c9-1-2-3(10)4(11)5(12)7(16-2)6(13)8(14)15/h2-7,9-13H,1H2,(H,14,15)/t2-,3-,4+,5+,6?,7?/m1/s1. The number of rotatable bonds is 3. The summed E-state index contributed by atoms with van der Waals surface area (Å²) < 4.78 is 4.81. The Labute approximate surface area is 90.3 Å². The smallest absolute Gasteiger partial charge is 0.335 e. The van der Waals surface area contributed by atoms with Gasteiger partial charge in [-0.05, 0) is 0 Å². The second-order valence-corrected chi connectivity index (χ2v) is 3.58. The van der Waals surface area contributed by atoms with E-state index in [0.717, 1.165) is 0 Å². The molecule has 94 valence electrons. The highest BCUT2D eigenvalue weighted by atomic mass is 16.6. The van der Waals surface area contributed by atoms with E-state index in [1.807, 2.05) is 0 Å². The van der Waals surface area contributed by atoms with Crippen molar-refractivity contribution in [3.05, 3.63) is 0 Å². The maximum absolute atomic E-state index is 10.5. The molecule has 1 aliphatic heterocycles. The predicted molar refractivity (Wildman–Crippen MR) is 47.4 cm³/mol. The summed E-state index contributed by atoms with van der Waals surface area (Å²) in [4.78, 5) is 10.5. The van der Waals surface area contributed by atoms with E-state index in [0.29, 0.717) is 0 Å². The molecule has 0 bridgehead atoms. The van der Waals surface area contributed by atoms with Crippen molar-refractivity contribution in [3.63, 3.8) is 0 Å². The summed E-state index contributed by atoms with van der Waals surface area (Å²) in [6.07, 6.45) is -9.89. The third kappa shape index (κ3) is 2.32. The second kappa shape index (κ2) is 5.04. The summed E-state index contributed by atoms with van der Waals surface area (Å²) in [5.74, 6) is -1.63. The number of aliphatic carboxylic acids is 1. The minimum Gasteiger partial charge on any atom is -0.479 e. The Bertz CT molecular complexity index is 254. The summed E-state index contributed by atoms with van der Waals surface area (Å²) in [5, 5.41) is 54.6. The molecule has 16 heavy (non-hydrogen) atoms. The van der Waals surface area contributed by atoms with Gasteiger partial charge in [-0.1, -0.05) is 0 Å². The fourth-order valence-electron chi connectivity index (χ4n) is 1.53. The van der Waals surface area contributed by atoms with Gasteiger partial charge in [0.1, 0.15) is 30.5 Å². The van der Waals surface area contributed by atoms with Crippen molar-refractivity contribution >= 4 is 5.97 Å². The predicted octanol–water partition coefficient (Wildman–Crippen LogP) is -3.73. The van der Waals surface area contributed by atoms with Crippen LogP contribution in [-0.4, -0.2) is 79.8 Å². The third-order valence-corrected chi connectivity index (χ3v) is 2.49. The number of carbonyl (C=O) groups is 1. The van der Waals surface area contributed by atoms with Crippen LogP contribution in [0, 0.1) is 0 Å². The lowest BCUT2D eigenvalue weighted by molar-refractivity contribution is -0.249. The number of carboxylic acid groups (broad SMARTS) is 1. The van der Waals surface area contributed by atoms with Crippen LogP contribution in [0.5, 0.6) is 0 Å². The van der Waals surface area contributed by atoms with Gasteiger partial charge < -0.3 is 35.4 Å². The third-order valence-electron chi connectivity index (χ3n) is 2.49. The molecule has 6 atom stereocenters. The van der Waals surface area contributed by atoms with Crippen molar-refractivity contribution in [1.82, 2.24) is 0 Å². The number of aliphatic hydroxyl groups is 5. The number of aliphatic hydroxyl groups excluding tert-OH is 5. The molecule has 0 amide bonds. The maximum Gasteiger partial charge on any atom is 0.335 e. The Hall–Kier alpha value is -0.770. The van der Waals surface area contributed by atoms with Crippen molar-refractivity contribution in [2.75, 3.05) is 6.61 Å². The van der Waals surface area contributed by atoms with Gasteiger partial charge in [0, 0.05) is 0 Å². The Morgan fingerprint density at radius 3 is 2.19 bits per heavy atom. The molecule has 8 nitrogen and oxygen atoms in total. The van der Waals surface area contributed by atoms with Gasteiger partial charge in [0.25, 0.3) is 0 Å². The zero-order valence-electron chi connectivity index (χ0n) is 8.17. The minimum atomic E-state index is -2.05. The highest BCUT2D eigenvalue weighted by Gasteiger charge is 2.47. The molecule has 1 saturated heterocycles. The molecule has 0 aliphatic carbocycles. The van der Waals surface area contributed by atoms with E-state index >= 15 is 0 Å². The van der Waals surface area contributed by atoms with Gasteiger partial charge in [-0.3, -0.25) is 0 Å². The first-order valence-corrected chi connectivity index (χ1v) is 4.61. The lowest BCUT2D eigenvalue weighted by atomic mass is 9.92. The van der Waals surface area contributed by atoms with Gasteiger partial charge in [-0.25, -0.2) is 4.79 Å². The molecule has 0 aromatic rings. The number of carboxylic acids is 1. The van der Waals surface area contributed by atoms with E-state index in [9.17, 15) is 25.2 Å². The van der Waals surface area contributed by atoms with Crippen LogP contribution in [0.15, 0.2) is 0 Å². The highest BCUT2D eigenvalue weighted by Crippen LogP contribution is 2.23. The van der Waals surface area contributed by atoms with Crippen molar-refractivity contribution in [2.24, 2.45) is 0 Å². The largest absolute Gasteiger partial charge is 0.479 e. The normalized spacial score (nSPS) is 41.7. The maximum atomic E-state index is 10.5. The highest BCUT2D eigenvalue weighted by molar-refractivity contribution is 5.72. The van der Waals surface area contributed by atoms with Gasteiger partial charge in [0.05, 0.1) is 6.61 Å². The molecular weight excluding hydrogens is 224 g/mol. The lowest BCUT2D eigenvalue weighted by Crippen LogP contribution is -2.62. The van der Waals surface area contributed by atoms with Gasteiger partial charge in [0.15, 0.2) is 6.10 Å². The van der Waals surface area contributed by atoms with Gasteiger partial charge in [0.2, 0.25) is 0 Å². The average Bonchev–Trinajstić information content (AvgIpc) is 2.25. The number of hydrogen-bond donors (Lipinski definition) is 6. The van der Waals surface area contributed by atoms with E-state index in [4.69, 9.17) is 14.9 Å². The molecule has 1 rings (SSSR count). The summed E-state index contributed by atoms with van der Waals surface area (Å²) in [6, 6.07) is 0. The molecule has 0 spiro atoms. The van der Waals surface area contributed by atoms with Crippen LogP contribution in [-0.2, 0) is 9.53 Å². The Kier molecular flexibility index (Phi) is 4.19. The van der Waals surface area contributed by atoms with Gasteiger partial charge >= 0.3 is 5.97 Å². The van der Waals surface area contributed by atoms with Gasteiger partial charge in [-0.2, -0.15) is 0 Å². The fraction of sp³-hybridized carbons (Fsp3) is 0.875. The van der Waals surface area contributed by atoms with Crippen molar-refractivity contribution in [3.8, 4) is 0 Å². The molecular formula is C8H14O8. The topological polar surface area (TPSA) is 148 Å². The summed E-state index contributed by atoms with van der Waals surface area (Å²) in [7, 11) is 0. The number of ether oxygens (including phenoxy) is 1. The molecule has 1 heterocycles. The Morgan fingerprint density at radius 2 is 1.75 bits per heavy atom. The van der Waals surface area contributed by atoms with E-state index < -0.39 is 49.2 Å². The molecule has 2 unspecified atom stereocenters. The van der Waals surface area contributed by atoms with E-state index in [2.05, 4.69) is 0 Å². The second-order valence-electron chi connectivity index (χ2n) is 3.58. The fourth-order valence-corrected chi connectivity index (χ4v) is 1.53. The molecule has 0 aromatic heterocycles. The zero-order chi connectivity index (χ0) is 12.5. The van der Waals surface area contributed by atoms with Crippen LogP contribution in [0.2, 0.25) is 0 Å². The van der Waals surface area contributed by atoms with E-state index in [1.54, 1.807) is 0 Å². The first kappa shape index (κ1) is 13.3. The first-order chi connectivity index (χ1) is 7.40. The first-order valence-electron chi connectivity index (χ1n) is 4.61. The Morgan fingerprint density at radius 1 is 1.19 bits per heavy atom. The average molecular weight is 238 g/mol. The number of hydrogen-bond acceptors (Lipinski definition) is 7. The molecule has 0 aromatic carbocycles. The van der Waals surface area contributed by atoms with Crippen LogP contribution in [0.25, 0.3) is 0 Å². The summed E-state index contributed by atoms with van der Waals surface area (Å²) in [6.45, 7) is -0.673. The van der Waals surface area contributed by atoms with Crippen molar-refractivity contribution < 1.29 is 40.2 Å². The SMILES string of the molecule is O=C(O)C(O)C1O[C@H](CO)[C@@H](O)[C@H](O)[C@@H]1O. The lowest BCUT2D eigenvalue weighted by Gasteiger charge is -2.40. The van der Waals surface area contributed by atoms with Gasteiger partial charge in [-0.15, -0.1) is 0 Å². The molecule has 8 heteroatoms. The van der Waals surface area contributed by atoms with Crippen LogP contribution < -0.4 is 0 Å². The molecule has 0 saturated carbocycles. The van der Waals surface area contributed by atoms with Crippen LogP contribution >= 0.6 is 0 Å². The van der Waals surface area contributed by atoms with E-state index in [-0.39, 0.29) is 0 Å². The molecule has 1 fully saturated rings. The van der Waals surface area contributed by atoms with Crippen molar-refractivity contribution in [2.45, 2.75) is 36.6 Å². The quantitative estimate of drug-likeness (QED) is 0.294. The molecule has 1 aliphatic rings. The summed E-state index contributed by atoms with van der Waals surface area (Å²) in [5.41, 5.74) is 0. The minimum absolute atomic E-state index is 0.673. The van der Waals surface area contributed by atoms with Crippen molar-refractivity contribution in [1.29, 1.82) is 0 Å². The van der Waals surface area contributed by atoms with Crippen LogP contribution in [0.4, 0.5) is 0 Å². The van der Waals surface area contributed by atoms with Crippen LogP contribution in [0.3, 0.4) is 0 Å². The van der Waals surface area contributed by atoms with Crippen LogP contribution in [0.1, 0.15) is 0 Å². The summed E-state index contributed by atoms with van der Waals surface area (Å²) >= 11 is 0. The van der Waals surface area contributed by atoms with E-state index in [1.165, 1.54) is 0 Å². The zero-order valence-corrected chi connectivity index (χ0v) is 8.17. The monoisotopic (exact) mass is 238 g/mol. The molecule has 6 N–H and O–H groups in total.